The van der Waals surface area contributed by atoms with Gasteiger partial charge in [0.25, 0.3) is 0 Å². The first-order chi connectivity index (χ1) is 11.1. The standard InChI is InChI=1S/C19H32N2O2.2ClH/c1-4-16(3)18-8-6-7-9-19(18)23-15-17(22)14-21-12-10-20(5-2)11-13-21;;/h6-9,16-17,22H,4-5,10-15H2,1-3H3;2*1H. The van der Waals surface area contributed by atoms with Gasteiger partial charge in [-0.1, -0.05) is 39.0 Å². The number of aliphatic hydroxyl groups is 1. The minimum absolute atomic E-state index is 0. The monoisotopic (exact) mass is 392 g/mol. The largest absolute Gasteiger partial charge is 0.491 e. The Bertz CT molecular complexity index is 468. The van der Waals surface area contributed by atoms with Gasteiger partial charge in [-0.25, -0.2) is 0 Å². The van der Waals surface area contributed by atoms with Gasteiger partial charge >= 0.3 is 0 Å². The van der Waals surface area contributed by atoms with Crippen molar-refractivity contribution in [3.8, 4) is 5.75 Å². The van der Waals surface area contributed by atoms with Crippen molar-refractivity contribution in [2.24, 2.45) is 0 Å². The Morgan fingerprint density at radius 3 is 2.24 bits per heavy atom. The summed E-state index contributed by atoms with van der Waals surface area (Å²) in [6, 6.07) is 8.18. The Morgan fingerprint density at radius 1 is 1.04 bits per heavy atom. The fourth-order valence-corrected chi connectivity index (χ4v) is 3.06. The molecule has 4 nitrogen and oxygen atoms in total. The predicted octanol–water partition coefficient (Wildman–Crippen LogP) is 3.42. The number of benzene rings is 1. The molecule has 1 aromatic rings. The predicted molar refractivity (Wildman–Crippen MR) is 110 cm³/mol. The lowest BCUT2D eigenvalue weighted by atomic mass is 9.98. The molecular weight excluding hydrogens is 359 g/mol. The zero-order valence-electron chi connectivity index (χ0n) is 15.7. The fourth-order valence-electron chi connectivity index (χ4n) is 3.06. The van der Waals surface area contributed by atoms with Gasteiger partial charge < -0.3 is 14.7 Å². The van der Waals surface area contributed by atoms with E-state index in [-0.39, 0.29) is 24.8 Å². The van der Waals surface area contributed by atoms with Crippen LogP contribution in [0.25, 0.3) is 0 Å². The van der Waals surface area contributed by atoms with Crippen LogP contribution in [0.2, 0.25) is 0 Å². The summed E-state index contributed by atoms with van der Waals surface area (Å²) in [5.41, 5.74) is 1.23. The van der Waals surface area contributed by atoms with Gasteiger partial charge in [-0.15, -0.1) is 24.8 Å². The molecular formula is C19H34Cl2N2O2. The first kappa shape index (κ1) is 24.5. The van der Waals surface area contributed by atoms with Gasteiger partial charge in [0, 0.05) is 32.7 Å². The second-order valence-corrected chi connectivity index (χ2v) is 6.55. The quantitative estimate of drug-likeness (QED) is 0.734. The van der Waals surface area contributed by atoms with Crippen molar-refractivity contribution in [1.82, 2.24) is 9.80 Å². The SMILES string of the molecule is CCC(C)c1ccccc1OCC(O)CN1CCN(CC)CC1.Cl.Cl. The summed E-state index contributed by atoms with van der Waals surface area (Å²) in [7, 11) is 0. The lowest BCUT2D eigenvalue weighted by Crippen LogP contribution is -2.49. The number of ether oxygens (including phenoxy) is 1. The molecule has 2 rings (SSSR count). The molecule has 1 saturated heterocycles. The van der Waals surface area contributed by atoms with Crippen molar-refractivity contribution in [2.75, 3.05) is 45.9 Å². The van der Waals surface area contributed by atoms with Gasteiger partial charge in [-0.2, -0.15) is 0 Å². The molecule has 0 saturated carbocycles. The summed E-state index contributed by atoms with van der Waals surface area (Å²) in [4.78, 5) is 4.78. The maximum Gasteiger partial charge on any atom is 0.122 e. The Balaban J connectivity index is 0.00000288. The molecule has 25 heavy (non-hydrogen) atoms. The minimum atomic E-state index is -0.437. The van der Waals surface area contributed by atoms with Crippen LogP contribution in [0.4, 0.5) is 0 Å². The van der Waals surface area contributed by atoms with Gasteiger partial charge in [0.05, 0.1) is 0 Å². The number of likely N-dealkylation sites (N-methyl/N-ethyl adjacent to an activating group) is 1. The maximum absolute atomic E-state index is 10.3. The highest BCUT2D eigenvalue weighted by molar-refractivity contribution is 5.85. The third kappa shape index (κ3) is 7.71. The highest BCUT2D eigenvalue weighted by atomic mass is 35.5. The first-order valence-electron chi connectivity index (χ1n) is 8.98. The molecule has 1 aliphatic heterocycles. The van der Waals surface area contributed by atoms with Crippen molar-refractivity contribution in [3.05, 3.63) is 29.8 Å². The van der Waals surface area contributed by atoms with Crippen LogP contribution in [0.15, 0.2) is 24.3 Å². The van der Waals surface area contributed by atoms with Crippen molar-refractivity contribution >= 4 is 24.8 Å². The van der Waals surface area contributed by atoms with Crippen LogP contribution in [0.1, 0.15) is 38.7 Å². The molecule has 1 aliphatic rings. The lowest BCUT2D eigenvalue weighted by molar-refractivity contribution is 0.0468. The molecule has 0 amide bonds. The van der Waals surface area contributed by atoms with E-state index in [1.54, 1.807) is 0 Å². The second-order valence-electron chi connectivity index (χ2n) is 6.55. The van der Waals surface area contributed by atoms with Crippen LogP contribution in [0.3, 0.4) is 0 Å². The molecule has 1 aromatic carbocycles. The van der Waals surface area contributed by atoms with Crippen molar-refractivity contribution in [1.29, 1.82) is 0 Å². The molecule has 6 heteroatoms. The average molecular weight is 393 g/mol. The summed E-state index contributed by atoms with van der Waals surface area (Å²) in [5.74, 6) is 1.39. The highest BCUT2D eigenvalue weighted by Gasteiger charge is 2.19. The van der Waals surface area contributed by atoms with Crippen LogP contribution in [-0.4, -0.2) is 66.9 Å². The molecule has 146 valence electrons. The molecule has 2 atom stereocenters. The Kier molecular flexibility index (Phi) is 12.5. The zero-order chi connectivity index (χ0) is 16.7. The minimum Gasteiger partial charge on any atom is -0.491 e. The number of halogens is 2. The van der Waals surface area contributed by atoms with Crippen molar-refractivity contribution in [2.45, 2.75) is 39.2 Å². The van der Waals surface area contributed by atoms with E-state index >= 15 is 0 Å². The summed E-state index contributed by atoms with van der Waals surface area (Å²) in [5, 5.41) is 10.3. The Labute approximate surface area is 165 Å². The van der Waals surface area contributed by atoms with Crippen LogP contribution in [0.5, 0.6) is 5.75 Å². The molecule has 1 heterocycles. The number of nitrogens with zero attached hydrogens (tertiary/aromatic N) is 2. The third-order valence-electron chi connectivity index (χ3n) is 4.87. The average Bonchev–Trinajstić information content (AvgIpc) is 2.60. The number of piperazine rings is 1. The van der Waals surface area contributed by atoms with Crippen molar-refractivity contribution in [3.63, 3.8) is 0 Å². The number of rotatable bonds is 8. The number of para-hydroxylation sites is 1. The van der Waals surface area contributed by atoms with E-state index in [2.05, 4.69) is 42.7 Å². The van der Waals surface area contributed by atoms with Gasteiger partial charge in [0.2, 0.25) is 0 Å². The highest BCUT2D eigenvalue weighted by Crippen LogP contribution is 2.28. The van der Waals surface area contributed by atoms with E-state index in [9.17, 15) is 5.11 Å². The molecule has 0 aliphatic carbocycles. The van der Waals surface area contributed by atoms with Crippen LogP contribution >= 0.6 is 24.8 Å². The van der Waals surface area contributed by atoms with E-state index in [0.717, 1.165) is 44.9 Å². The lowest BCUT2D eigenvalue weighted by Gasteiger charge is -2.34. The van der Waals surface area contributed by atoms with E-state index in [0.29, 0.717) is 19.1 Å². The van der Waals surface area contributed by atoms with E-state index in [4.69, 9.17) is 4.74 Å². The summed E-state index contributed by atoms with van der Waals surface area (Å²) in [6.07, 6.45) is 0.651. The molecule has 2 unspecified atom stereocenters. The zero-order valence-corrected chi connectivity index (χ0v) is 17.3. The van der Waals surface area contributed by atoms with Gasteiger partial charge in [-0.05, 0) is 30.5 Å². The first-order valence-corrected chi connectivity index (χ1v) is 8.98. The molecule has 1 fully saturated rings. The maximum atomic E-state index is 10.3. The normalized spacial score (nSPS) is 17.9. The summed E-state index contributed by atoms with van der Waals surface area (Å²) >= 11 is 0. The smallest absolute Gasteiger partial charge is 0.122 e. The summed E-state index contributed by atoms with van der Waals surface area (Å²) in [6.45, 7) is 13.0. The van der Waals surface area contributed by atoms with Gasteiger partial charge in [0.1, 0.15) is 18.5 Å². The second kappa shape index (κ2) is 12.8. The van der Waals surface area contributed by atoms with Crippen LogP contribution in [0, 0.1) is 0 Å². The Morgan fingerprint density at radius 2 is 1.64 bits per heavy atom. The molecule has 0 radical (unpaired) electrons. The number of hydrogen-bond acceptors (Lipinski definition) is 4. The molecule has 1 N–H and O–H groups in total. The number of hydrogen-bond donors (Lipinski definition) is 1. The summed E-state index contributed by atoms with van der Waals surface area (Å²) < 4.78 is 5.92. The molecule has 0 aromatic heterocycles. The van der Waals surface area contributed by atoms with Gasteiger partial charge in [-0.3, -0.25) is 4.90 Å². The van der Waals surface area contributed by atoms with Crippen LogP contribution in [-0.2, 0) is 0 Å². The topological polar surface area (TPSA) is 35.9 Å². The van der Waals surface area contributed by atoms with E-state index in [1.165, 1.54) is 5.56 Å². The Hall–Kier alpha value is -0.520. The molecule has 0 bridgehead atoms. The van der Waals surface area contributed by atoms with E-state index < -0.39 is 6.10 Å². The number of aliphatic hydroxyl groups excluding tert-OH is 1. The number of β-amino-alcohol motifs (C(OH)–C–C–N with tert-alkyl or cyclic N) is 1. The van der Waals surface area contributed by atoms with Crippen molar-refractivity contribution < 1.29 is 9.84 Å². The van der Waals surface area contributed by atoms with Gasteiger partial charge in [0.15, 0.2) is 0 Å². The van der Waals surface area contributed by atoms with Crippen LogP contribution < -0.4 is 4.74 Å². The van der Waals surface area contributed by atoms with E-state index in [1.807, 2.05) is 12.1 Å². The molecule has 0 spiro atoms. The fraction of sp³-hybridized carbons (Fsp3) is 0.684. The third-order valence-corrected chi connectivity index (χ3v) is 4.87.